The van der Waals surface area contributed by atoms with E-state index in [1.54, 1.807) is 30.3 Å². The van der Waals surface area contributed by atoms with Crippen LogP contribution in [0.3, 0.4) is 0 Å². The molecule has 0 aliphatic heterocycles. The molecule has 7 nitrogen and oxygen atoms in total. The van der Waals surface area contributed by atoms with E-state index >= 15 is 0 Å². The molecule has 2 aromatic carbocycles. The van der Waals surface area contributed by atoms with Crippen molar-refractivity contribution in [3.8, 4) is 0 Å². The molecule has 2 unspecified atom stereocenters. The molecule has 7 heteroatoms. The fourth-order valence-corrected chi connectivity index (χ4v) is 7.11. The highest BCUT2D eigenvalue weighted by Crippen LogP contribution is 2.62. The van der Waals surface area contributed by atoms with E-state index in [-0.39, 0.29) is 17.1 Å². The molecule has 174 valence electrons. The molecule has 0 radical (unpaired) electrons. The van der Waals surface area contributed by atoms with E-state index in [2.05, 4.69) is 5.32 Å². The van der Waals surface area contributed by atoms with Crippen LogP contribution in [-0.2, 0) is 14.3 Å². The number of benzene rings is 2. The van der Waals surface area contributed by atoms with Crippen LogP contribution in [0.5, 0.6) is 0 Å². The number of esters is 1. The molecule has 7 rings (SSSR count). The van der Waals surface area contributed by atoms with Gasteiger partial charge in [0.2, 0.25) is 0 Å². The van der Waals surface area contributed by atoms with Crippen molar-refractivity contribution in [2.45, 2.75) is 44.1 Å². The first-order chi connectivity index (χ1) is 16.3. The number of anilines is 1. The van der Waals surface area contributed by atoms with E-state index in [0.717, 1.165) is 19.3 Å². The zero-order valence-electron chi connectivity index (χ0n) is 18.6. The summed E-state index contributed by atoms with van der Waals surface area (Å²) in [7, 11) is 0. The molecule has 2 N–H and O–H groups in total. The number of ketones is 2. The van der Waals surface area contributed by atoms with E-state index in [4.69, 9.17) is 4.74 Å². The summed E-state index contributed by atoms with van der Waals surface area (Å²) in [5, 5.41) is 13.5. The molecule has 5 aliphatic rings. The first-order valence-corrected chi connectivity index (χ1v) is 11.8. The van der Waals surface area contributed by atoms with Gasteiger partial charge in [0.05, 0.1) is 11.0 Å². The van der Waals surface area contributed by atoms with Crippen LogP contribution in [0.1, 0.15) is 70.4 Å². The number of aliphatic hydroxyl groups is 1. The van der Waals surface area contributed by atoms with Gasteiger partial charge in [0.25, 0.3) is 5.91 Å². The molecule has 0 spiro atoms. The Balaban J connectivity index is 1.13. The van der Waals surface area contributed by atoms with Gasteiger partial charge in [-0.05, 0) is 68.6 Å². The summed E-state index contributed by atoms with van der Waals surface area (Å²) >= 11 is 0. The first-order valence-electron chi connectivity index (χ1n) is 11.8. The van der Waals surface area contributed by atoms with Crippen molar-refractivity contribution in [1.82, 2.24) is 0 Å². The number of carbonyl (C=O) groups is 4. The summed E-state index contributed by atoms with van der Waals surface area (Å²) in [6, 6.07) is 11.2. The SMILES string of the molecule is O=C(COC(=O)C12CC3CC(CC(O)(C3)C1)C2)Nc1ccc2c(c1)C(=O)c1ccccc1C2=O. The topological polar surface area (TPSA) is 110 Å². The number of fused-ring (bicyclic) bond motifs is 2. The third kappa shape index (κ3) is 3.29. The Hall–Kier alpha value is -3.32. The molecule has 2 atom stereocenters. The Labute approximate surface area is 196 Å². The van der Waals surface area contributed by atoms with Gasteiger partial charge in [-0.1, -0.05) is 24.3 Å². The lowest BCUT2D eigenvalue weighted by Gasteiger charge is -2.58. The van der Waals surface area contributed by atoms with Gasteiger partial charge in [0, 0.05) is 27.9 Å². The molecule has 0 heterocycles. The molecular weight excluding hydrogens is 434 g/mol. The van der Waals surface area contributed by atoms with E-state index in [1.165, 1.54) is 12.1 Å². The molecule has 34 heavy (non-hydrogen) atoms. The molecule has 0 saturated heterocycles. The predicted octanol–water partition coefficient (Wildman–Crippen LogP) is 3.28. The minimum Gasteiger partial charge on any atom is -0.455 e. The third-order valence-electron chi connectivity index (χ3n) is 8.01. The van der Waals surface area contributed by atoms with Crippen LogP contribution >= 0.6 is 0 Å². The van der Waals surface area contributed by atoms with Crippen LogP contribution in [-0.4, -0.2) is 40.8 Å². The summed E-state index contributed by atoms with van der Waals surface area (Å²) in [6.45, 7) is -0.443. The average Bonchev–Trinajstić information content (AvgIpc) is 2.79. The number of hydrogen-bond acceptors (Lipinski definition) is 6. The molecule has 4 bridgehead atoms. The second-order valence-electron chi connectivity index (χ2n) is 10.6. The highest BCUT2D eigenvalue weighted by Gasteiger charge is 2.60. The van der Waals surface area contributed by atoms with Crippen LogP contribution < -0.4 is 5.32 Å². The van der Waals surface area contributed by atoms with E-state index in [1.807, 2.05) is 0 Å². The normalized spacial score (nSPS) is 30.5. The second kappa shape index (κ2) is 7.34. The number of hydrogen-bond donors (Lipinski definition) is 2. The second-order valence-corrected chi connectivity index (χ2v) is 10.6. The quantitative estimate of drug-likeness (QED) is 0.580. The largest absolute Gasteiger partial charge is 0.455 e. The molecule has 1 amide bonds. The molecule has 2 aromatic rings. The molecule has 5 aliphatic carbocycles. The number of amides is 1. The Morgan fingerprint density at radius 1 is 0.912 bits per heavy atom. The van der Waals surface area contributed by atoms with Gasteiger partial charge in [-0.3, -0.25) is 19.2 Å². The van der Waals surface area contributed by atoms with Gasteiger partial charge in [0.1, 0.15) is 0 Å². The van der Waals surface area contributed by atoms with Crippen molar-refractivity contribution in [2.24, 2.45) is 17.3 Å². The number of ether oxygens (including phenoxy) is 1. The Morgan fingerprint density at radius 2 is 1.53 bits per heavy atom. The van der Waals surface area contributed by atoms with Crippen LogP contribution in [0.4, 0.5) is 5.69 Å². The monoisotopic (exact) mass is 459 g/mol. The average molecular weight is 459 g/mol. The van der Waals surface area contributed by atoms with Crippen molar-refractivity contribution in [1.29, 1.82) is 0 Å². The minimum absolute atomic E-state index is 0.228. The van der Waals surface area contributed by atoms with Crippen LogP contribution in [0, 0.1) is 17.3 Å². The predicted molar refractivity (Wildman–Crippen MR) is 121 cm³/mol. The molecule has 4 fully saturated rings. The van der Waals surface area contributed by atoms with E-state index in [0.29, 0.717) is 53.5 Å². The summed E-state index contributed by atoms with van der Waals surface area (Å²) in [6.07, 6.45) is 4.41. The van der Waals surface area contributed by atoms with Crippen LogP contribution in [0.25, 0.3) is 0 Å². The molecule has 0 aromatic heterocycles. The summed E-state index contributed by atoms with van der Waals surface area (Å²) < 4.78 is 5.42. The van der Waals surface area contributed by atoms with Crippen LogP contribution in [0.15, 0.2) is 42.5 Å². The maximum Gasteiger partial charge on any atom is 0.312 e. The Kier molecular flexibility index (Phi) is 4.58. The maximum absolute atomic E-state index is 13.0. The maximum atomic E-state index is 13.0. The lowest BCUT2D eigenvalue weighted by Crippen LogP contribution is -2.58. The smallest absolute Gasteiger partial charge is 0.312 e. The Morgan fingerprint density at radius 3 is 2.18 bits per heavy atom. The third-order valence-corrected chi connectivity index (χ3v) is 8.01. The minimum atomic E-state index is -0.781. The van der Waals surface area contributed by atoms with Crippen molar-refractivity contribution < 1.29 is 29.0 Å². The van der Waals surface area contributed by atoms with Crippen LogP contribution in [0.2, 0.25) is 0 Å². The fourth-order valence-electron chi connectivity index (χ4n) is 7.11. The first kappa shape index (κ1) is 21.2. The number of carbonyl (C=O) groups excluding carboxylic acids is 4. The van der Waals surface area contributed by atoms with E-state index in [9.17, 15) is 24.3 Å². The van der Waals surface area contributed by atoms with Crippen molar-refractivity contribution >= 4 is 29.1 Å². The van der Waals surface area contributed by atoms with Gasteiger partial charge < -0.3 is 15.2 Å². The molecule has 4 saturated carbocycles. The van der Waals surface area contributed by atoms with Gasteiger partial charge >= 0.3 is 5.97 Å². The number of nitrogens with one attached hydrogen (secondary N) is 1. The highest BCUT2D eigenvalue weighted by atomic mass is 16.5. The summed E-state index contributed by atoms with van der Waals surface area (Å²) in [5.41, 5.74) is 0.132. The lowest BCUT2D eigenvalue weighted by molar-refractivity contribution is -0.196. The zero-order valence-corrected chi connectivity index (χ0v) is 18.6. The fraction of sp³-hybridized carbons (Fsp3) is 0.407. The lowest BCUT2D eigenvalue weighted by atomic mass is 9.48. The van der Waals surface area contributed by atoms with Gasteiger partial charge in [-0.25, -0.2) is 0 Å². The summed E-state index contributed by atoms with van der Waals surface area (Å²) in [5.74, 6) is -0.742. The zero-order chi connectivity index (χ0) is 23.7. The standard InChI is InChI=1S/C27H25NO6/c29-22(13-34-25(32)26-9-15-7-16(10-26)12-27(33,11-15)14-26)28-17-5-6-20-21(8-17)24(31)19-4-2-1-3-18(19)23(20)30/h1-6,8,15-16,33H,7,9-14H2,(H,28,29). The summed E-state index contributed by atoms with van der Waals surface area (Å²) in [4.78, 5) is 51.1. The van der Waals surface area contributed by atoms with Crippen molar-refractivity contribution in [3.05, 3.63) is 64.7 Å². The van der Waals surface area contributed by atoms with Gasteiger partial charge in [-0.2, -0.15) is 0 Å². The van der Waals surface area contributed by atoms with Crippen molar-refractivity contribution in [2.75, 3.05) is 11.9 Å². The number of rotatable bonds is 4. The van der Waals surface area contributed by atoms with Gasteiger partial charge in [-0.15, -0.1) is 0 Å². The Bertz CT molecular complexity index is 1250. The van der Waals surface area contributed by atoms with Crippen molar-refractivity contribution in [3.63, 3.8) is 0 Å². The highest BCUT2D eigenvalue weighted by molar-refractivity contribution is 6.28. The van der Waals surface area contributed by atoms with E-state index < -0.39 is 29.5 Å². The molecular formula is C27H25NO6. The van der Waals surface area contributed by atoms with Gasteiger partial charge in [0.15, 0.2) is 18.2 Å².